The predicted molar refractivity (Wildman–Crippen MR) is 67.0 cm³/mol. The van der Waals surface area contributed by atoms with Gasteiger partial charge >= 0.3 is 0 Å². The van der Waals surface area contributed by atoms with Gasteiger partial charge in [-0.1, -0.05) is 30.0 Å². The van der Waals surface area contributed by atoms with Crippen LogP contribution in [0.25, 0.3) is 0 Å². The second-order valence-corrected chi connectivity index (χ2v) is 4.79. The van der Waals surface area contributed by atoms with Crippen LogP contribution in [0.1, 0.15) is 17.3 Å². The van der Waals surface area contributed by atoms with E-state index in [0.29, 0.717) is 5.56 Å². The van der Waals surface area contributed by atoms with E-state index in [1.54, 1.807) is 18.2 Å². The molecule has 0 aliphatic carbocycles. The highest BCUT2D eigenvalue weighted by molar-refractivity contribution is 7.99. The molecule has 17 heavy (non-hydrogen) atoms. The summed E-state index contributed by atoms with van der Waals surface area (Å²) in [6.07, 6.45) is 0. The number of Topliss-reactive ketones (excluding diaryl/α,β-unsaturated/α-hetero) is 1. The molecule has 2 aromatic rings. The number of benzene rings is 2. The number of ketones is 1. The van der Waals surface area contributed by atoms with E-state index in [2.05, 4.69) is 0 Å². The minimum absolute atomic E-state index is 0.0484. The molecule has 0 aliphatic heterocycles. The van der Waals surface area contributed by atoms with Crippen LogP contribution in [0.5, 0.6) is 0 Å². The normalized spacial score (nSPS) is 10.2. The molecule has 0 aliphatic rings. The molecule has 2 aromatic carbocycles. The minimum atomic E-state index is -0.240. The summed E-state index contributed by atoms with van der Waals surface area (Å²) in [6, 6.07) is 13.7. The van der Waals surface area contributed by atoms with Crippen LogP contribution in [-0.4, -0.2) is 5.78 Å². The predicted octanol–water partition coefficient (Wildman–Crippen LogP) is 4.18. The molecular weight excluding hydrogens is 235 g/mol. The zero-order chi connectivity index (χ0) is 12.3. The highest BCUT2D eigenvalue weighted by Gasteiger charge is 2.01. The summed E-state index contributed by atoms with van der Waals surface area (Å²) in [6.45, 7) is 1.54. The number of carbonyl (C=O) groups excluding carboxylic acids is 1. The van der Waals surface area contributed by atoms with Crippen molar-refractivity contribution in [2.45, 2.75) is 16.7 Å². The quantitative estimate of drug-likeness (QED) is 0.756. The van der Waals surface area contributed by atoms with Gasteiger partial charge in [0.2, 0.25) is 0 Å². The van der Waals surface area contributed by atoms with Crippen molar-refractivity contribution in [3.05, 3.63) is 59.9 Å². The number of carbonyl (C=O) groups is 1. The maximum atomic E-state index is 13.0. The van der Waals surface area contributed by atoms with Crippen LogP contribution < -0.4 is 0 Å². The topological polar surface area (TPSA) is 17.1 Å². The van der Waals surface area contributed by atoms with Crippen molar-refractivity contribution in [2.24, 2.45) is 0 Å². The highest BCUT2D eigenvalue weighted by Crippen LogP contribution is 2.28. The Kier molecular flexibility index (Phi) is 3.59. The molecule has 0 spiro atoms. The van der Waals surface area contributed by atoms with Gasteiger partial charge in [-0.2, -0.15) is 0 Å². The Bertz CT molecular complexity index is 534. The van der Waals surface area contributed by atoms with Gasteiger partial charge in [0.15, 0.2) is 5.78 Å². The SMILES string of the molecule is CC(=O)c1ccc(Sc2cccc(F)c2)cc1. The molecule has 2 rings (SSSR count). The molecule has 3 heteroatoms. The fraction of sp³-hybridized carbons (Fsp3) is 0.0714. The van der Waals surface area contributed by atoms with Gasteiger partial charge in [0, 0.05) is 15.4 Å². The third-order valence-electron chi connectivity index (χ3n) is 2.29. The average Bonchev–Trinajstić information content (AvgIpc) is 2.29. The third kappa shape index (κ3) is 3.17. The molecule has 0 amide bonds. The lowest BCUT2D eigenvalue weighted by Crippen LogP contribution is -1.90. The van der Waals surface area contributed by atoms with Crippen LogP contribution in [0.15, 0.2) is 58.3 Å². The third-order valence-corrected chi connectivity index (χ3v) is 3.29. The summed E-state index contributed by atoms with van der Waals surface area (Å²) in [7, 11) is 0. The van der Waals surface area contributed by atoms with Crippen LogP contribution in [0.2, 0.25) is 0 Å². The molecule has 0 saturated heterocycles. The van der Waals surface area contributed by atoms with Crippen molar-refractivity contribution in [1.82, 2.24) is 0 Å². The zero-order valence-electron chi connectivity index (χ0n) is 9.31. The molecule has 0 atom stereocenters. The van der Waals surface area contributed by atoms with E-state index >= 15 is 0 Å². The summed E-state index contributed by atoms with van der Waals surface area (Å²) >= 11 is 1.47. The largest absolute Gasteiger partial charge is 0.295 e. The first-order chi connectivity index (χ1) is 8.15. The molecule has 86 valence electrons. The molecule has 0 fully saturated rings. The fourth-order valence-electron chi connectivity index (χ4n) is 1.42. The van der Waals surface area contributed by atoms with E-state index in [9.17, 15) is 9.18 Å². The Labute approximate surface area is 104 Å². The van der Waals surface area contributed by atoms with Crippen molar-refractivity contribution in [3.8, 4) is 0 Å². The van der Waals surface area contributed by atoms with E-state index in [4.69, 9.17) is 0 Å². The summed E-state index contributed by atoms with van der Waals surface area (Å²) in [5, 5.41) is 0. The molecule has 1 nitrogen and oxygen atoms in total. The Balaban J connectivity index is 2.16. The van der Waals surface area contributed by atoms with Crippen LogP contribution in [0.4, 0.5) is 4.39 Å². The van der Waals surface area contributed by atoms with Crippen molar-refractivity contribution in [2.75, 3.05) is 0 Å². The lowest BCUT2D eigenvalue weighted by molar-refractivity contribution is 0.101. The zero-order valence-corrected chi connectivity index (χ0v) is 10.1. The average molecular weight is 246 g/mol. The molecule has 0 N–H and O–H groups in total. The van der Waals surface area contributed by atoms with Gasteiger partial charge in [0.05, 0.1) is 0 Å². The van der Waals surface area contributed by atoms with Gasteiger partial charge in [0.25, 0.3) is 0 Å². The summed E-state index contributed by atoms with van der Waals surface area (Å²) in [5.41, 5.74) is 0.689. The molecule has 0 saturated carbocycles. The van der Waals surface area contributed by atoms with Crippen LogP contribution >= 0.6 is 11.8 Å². The van der Waals surface area contributed by atoms with Gasteiger partial charge in [-0.25, -0.2) is 4.39 Å². The maximum Gasteiger partial charge on any atom is 0.159 e. The molecule has 0 aromatic heterocycles. The Hall–Kier alpha value is -1.61. The summed E-state index contributed by atoms with van der Waals surface area (Å²) in [4.78, 5) is 12.9. The summed E-state index contributed by atoms with van der Waals surface area (Å²) in [5.74, 6) is -0.192. The Morgan fingerprint density at radius 2 is 1.76 bits per heavy atom. The Morgan fingerprint density at radius 3 is 2.35 bits per heavy atom. The standard InChI is InChI=1S/C14H11FOS/c1-10(16)11-5-7-13(8-6-11)17-14-4-2-3-12(15)9-14/h2-9H,1H3. The number of hydrogen-bond donors (Lipinski definition) is 0. The van der Waals surface area contributed by atoms with E-state index < -0.39 is 0 Å². The van der Waals surface area contributed by atoms with Crippen molar-refractivity contribution < 1.29 is 9.18 Å². The molecule has 0 radical (unpaired) electrons. The van der Waals surface area contributed by atoms with E-state index in [0.717, 1.165) is 9.79 Å². The first-order valence-corrected chi connectivity index (χ1v) is 6.01. The first-order valence-electron chi connectivity index (χ1n) is 5.19. The van der Waals surface area contributed by atoms with Gasteiger partial charge in [-0.05, 0) is 37.3 Å². The lowest BCUT2D eigenvalue weighted by atomic mass is 10.2. The minimum Gasteiger partial charge on any atom is -0.295 e. The Morgan fingerprint density at radius 1 is 1.06 bits per heavy atom. The van der Waals surface area contributed by atoms with E-state index in [1.165, 1.54) is 30.8 Å². The van der Waals surface area contributed by atoms with Crippen molar-refractivity contribution >= 4 is 17.5 Å². The van der Waals surface area contributed by atoms with Crippen LogP contribution in [0.3, 0.4) is 0 Å². The number of hydrogen-bond acceptors (Lipinski definition) is 2. The molecular formula is C14H11FOS. The van der Waals surface area contributed by atoms with Crippen LogP contribution in [0, 0.1) is 5.82 Å². The van der Waals surface area contributed by atoms with Crippen molar-refractivity contribution in [3.63, 3.8) is 0 Å². The molecule has 0 bridgehead atoms. The monoisotopic (exact) mass is 246 g/mol. The van der Waals surface area contributed by atoms with Crippen molar-refractivity contribution in [1.29, 1.82) is 0 Å². The van der Waals surface area contributed by atoms with E-state index in [-0.39, 0.29) is 11.6 Å². The highest BCUT2D eigenvalue weighted by atomic mass is 32.2. The van der Waals surface area contributed by atoms with Gasteiger partial charge < -0.3 is 0 Å². The van der Waals surface area contributed by atoms with Gasteiger partial charge in [-0.15, -0.1) is 0 Å². The van der Waals surface area contributed by atoms with E-state index in [1.807, 2.05) is 18.2 Å². The second-order valence-electron chi connectivity index (χ2n) is 3.64. The smallest absolute Gasteiger partial charge is 0.159 e. The van der Waals surface area contributed by atoms with Crippen LogP contribution in [-0.2, 0) is 0 Å². The van der Waals surface area contributed by atoms with Gasteiger partial charge in [-0.3, -0.25) is 4.79 Å². The lowest BCUT2D eigenvalue weighted by Gasteiger charge is -2.02. The second kappa shape index (κ2) is 5.15. The first kappa shape index (κ1) is 11.9. The molecule has 0 unspecified atom stereocenters. The number of halogens is 1. The number of rotatable bonds is 3. The molecule has 0 heterocycles. The fourth-order valence-corrected chi connectivity index (χ4v) is 2.29. The van der Waals surface area contributed by atoms with Gasteiger partial charge in [0.1, 0.15) is 5.82 Å². The maximum absolute atomic E-state index is 13.0. The summed E-state index contributed by atoms with van der Waals surface area (Å²) < 4.78 is 13.0.